The van der Waals surface area contributed by atoms with E-state index in [1.165, 1.54) is 18.6 Å². The third kappa shape index (κ3) is 4.73. The first-order valence-electron chi connectivity index (χ1n) is 9.52. The summed E-state index contributed by atoms with van der Waals surface area (Å²) in [6.07, 6.45) is 4.25. The molecule has 0 saturated carbocycles. The predicted molar refractivity (Wildman–Crippen MR) is 103 cm³/mol. The summed E-state index contributed by atoms with van der Waals surface area (Å²) >= 11 is 0. The van der Waals surface area contributed by atoms with Gasteiger partial charge in [-0.2, -0.15) is 0 Å². The van der Waals surface area contributed by atoms with Crippen molar-refractivity contribution in [2.24, 2.45) is 0 Å². The summed E-state index contributed by atoms with van der Waals surface area (Å²) in [7, 11) is 0. The molecule has 2 amide bonds. The fourth-order valence-electron chi connectivity index (χ4n) is 3.51. The number of carbonyl (C=O) groups excluding carboxylic acids is 2. The van der Waals surface area contributed by atoms with Gasteiger partial charge in [0.2, 0.25) is 0 Å². The topological polar surface area (TPSA) is 49.4 Å². The lowest BCUT2D eigenvalue weighted by molar-refractivity contribution is 0.0607. The molecule has 5 heteroatoms. The van der Waals surface area contributed by atoms with Crippen molar-refractivity contribution in [1.82, 2.24) is 10.2 Å². The molecule has 3 rings (SSSR count). The van der Waals surface area contributed by atoms with Crippen molar-refractivity contribution in [3.8, 4) is 0 Å². The highest BCUT2D eigenvalue weighted by molar-refractivity contribution is 5.98. The number of hydrogen-bond acceptors (Lipinski definition) is 2. The number of benzene rings is 2. The van der Waals surface area contributed by atoms with Gasteiger partial charge in [-0.3, -0.25) is 9.59 Å². The number of nitrogens with one attached hydrogen (secondary N) is 1. The minimum absolute atomic E-state index is 0.0415. The van der Waals surface area contributed by atoms with Crippen LogP contribution in [0.3, 0.4) is 0 Å². The Morgan fingerprint density at radius 1 is 1.04 bits per heavy atom. The molecule has 1 saturated heterocycles. The van der Waals surface area contributed by atoms with E-state index < -0.39 is 0 Å². The number of amides is 2. The van der Waals surface area contributed by atoms with Gasteiger partial charge < -0.3 is 10.2 Å². The molecule has 4 nitrogen and oxygen atoms in total. The Labute approximate surface area is 159 Å². The second-order valence-corrected chi connectivity index (χ2v) is 6.94. The van der Waals surface area contributed by atoms with Gasteiger partial charge >= 0.3 is 0 Å². The summed E-state index contributed by atoms with van der Waals surface area (Å²) in [5.41, 5.74) is 1.94. The third-order valence-electron chi connectivity index (χ3n) is 5.12. The molecule has 142 valence electrons. The van der Waals surface area contributed by atoms with Crippen LogP contribution in [0.1, 0.15) is 58.9 Å². The fourth-order valence-corrected chi connectivity index (χ4v) is 3.51. The van der Waals surface area contributed by atoms with Crippen LogP contribution < -0.4 is 5.32 Å². The van der Waals surface area contributed by atoms with Gasteiger partial charge in [-0.1, -0.05) is 19.1 Å². The van der Waals surface area contributed by atoms with Crippen LogP contribution in [0.15, 0.2) is 48.5 Å². The quantitative estimate of drug-likeness (QED) is 0.861. The zero-order chi connectivity index (χ0) is 19.2. The minimum atomic E-state index is -0.302. The minimum Gasteiger partial charge on any atom is -0.348 e. The van der Waals surface area contributed by atoms with Crippen LogP contribution in [-0.2, 0) is 6.54 Å². The number of piperidine rings is 1. The molecule has 1 aliphatic rings. The van der Waals surface area contributed by atoms with Crippen LogP contribution in [0, 0.1) is 5.82 Å². The van der Waals surface area contributed by atoms with Crippen LogP contribution >= 0.6 is 0 Å². The molecule has 0 aliphatic carbocycles. The Morgan fingerprint density at radius 2 is 1.70 bits per heavy atom. The summed E-state index contributed by atoms with van der Waals surface area (Å²) in [5, 5.41) is 2.81. The lowest BCUT2D eigenvalue weighted by Gasteiger charge is -2.35. The molecule has 0 bridgehead atoms. The van der Waals surface area contributed by atoms with Gasteiger partial charge in [-0.25, -0.2) is 4.39 Å². The second-order valence-electron chi connectivity index (χ2n) is 6.94. The van der Waals surface area contributed by atoms with Crippen LogP contribution in [0.25, 0.3) is 0 Å². The van der Waals surface area contributed by atoms with E-state index >= 15 is 0 Å². The highest BCUT2D eigenvalue weighted by Crippen LogP contribution is 2.22. The molecular formula is C22H25FN2O2. The summed E-state index contributed by atoms with van der Waals surface area (Å²) in [5.74, 6) is -0.480. The normalized spacial score (nSPS) is 16.8. The van der Waals surface area contributed by atoms with E-state index in [1.54, 1.807) is 36.4 Å². The molecule has 27 heavy (non-hydrogen) atoms. The highest BCUT2D eigenvalue weighted by atomic mass is 19.1. The van der Waals surface area contributed by atoms with E-state index in [4.69, 9.17) is 0 Å². The largest absolute Gasteiger partial charge is 0.348 e. The van der Waals surface area contributed by atoms with Crippen molar-refractivity contribution >= 4 is 11.8 Å². The van der Waals surface area contributed by atoms with Crippen molar-refractivity contribution in [3.05, 3.63) is 71.0 Å². The van der Waals surface area contributed by atoms with E-state index in [-0.39, 0.29) is 17.6 Å². The van der Waals surface area contributed by atoms with E-state index in [0.717, 1.165) is 31.4 Å². The Morgan fingerprint density at radius 3 is 2.37 bits per heavy atom. The molecule has 1 atom stereocenters. The van der Waals surface area contributed by atoms with Gasteiger partial charge in [0, 0.05) is 30.3 Å². The standard InChI is InChI=1S/C22H25FN2O2/c1-2-20-5-3-4-14-25(20)22(27)18-10-8-17(9-11-18)21(26)24-15-16-6-12-19(23)13-7-16/h6-13,20H,2-5,14-15H2,1H3,(H,24,26). The molecule has 1 heterocycles. The lowest BCUT2D eigenvalue weighted by Crippen LogP contribution is -2.43. The van der Waals surface area contributed by atoms with Gasteiger partial charge in [0.05, 0.1) is 0 Å². The van der Waals surface area contributed by atoms with Crippen LogP contribution in [0.4, 0.5) is 4.39 Å². The Hall–Kier alpha value is -2.69. The molecular weight excluding hydrogens is 343 g/mol. The maximum Gasteiger partial charge on any atom is 0.254 e. The number of halogens is 1. The summed E-state index contributed by atoms with van der Waals surface area (Å²) in [6, 6.07) is 13.1. The summed E-state index contributed by atoms with van der Waals surface area (Å²) < 4.78 is 12.9. The van der Waals surface area contributed by atoms with Gasteiger partial charge in [0.25, 0.3) is 11.8 Å². The first-order chi connectivity index (χ1) is 13.1. The van der Waals surface area contributed by atoms with E-state index in [9.17, 15) is 14.0 Å². The number of nitrogens with zero attached hydrogens (tertiary/aromatic N) is 1. The van der Waals surface area contributed by atoms with E-state index in [1.807, 2.05) is 4.90 Å². The average Bonchev–Trinajstić information content (AvgIpc) is 2.72. The Bertz CT molecular complexity index is 787. The van der Waals surface area contributed by atoms with Crippen LogP contribution in [0.5, 0.6) is 0 Å². The van der Waals surface area contributed by atoms with Gasteiger partial charge in [0.1, 0.15) is 5.82 Å². The molecule has 1 N–H and O–H groups in total. The smallest absolute Gasteiger partial charge is 0.254 e. The zero-order valence-corrected chi connectivity index (χ0v) is 15.6. The van der Waals surface area contributed by atoms with E-state index in [0.29, 0.717) is 23.7 Å². The van der Waals surface area contributed by atoms with Crippen molar-refractivity contribution in [2.45, 2.75) is 45.2 Å². The van der Waals surface area contributed by atoms with Gasteiger partial charge in [-0.15, -0.1) is 0 Å². The maximum absolute atomic E-state index is 12.9. The zero-order valence-electron chi connectivity index (χ0n) is 15.6. The third-order valence-corrected chi connectivity index (χ3v) is 5.12. The summed E-state index contributed by atoms with van der Waals surface area (Å²) in [4.78, 5) is 27.0. The molecule has 2 aromatic rings. The monoisotopic (exact) mass is 368 g/mol. The molecule has 2 aromatic carbocycles. The highest BCUT2D eigenvalue weighted by Gasteiger charge is 2.26. The van der Waals surface area contributed by atoms with Gasteiger partial charge in [0.15, 0.2) is 0 Å². The first kappa shape index (κ1) is 19.1. The van der Waals surface area contributed by atoms with Gasteiger partial charge in [-0.05, 0) is 67.6 Å². The van der Waals surface area contributed by atoms with Crippen molar-refractivity contribution in [1.29, 1.82) is 0 Å². The number of rotatable bonds is 5. The number of carbonyl (C=O) groups is 2. The van der Waals surface area contributed by atoms with E-state index in [2.05, 4.69) is 12.2 Å². The molecule has 0 spiro atoms. The average molecular weight is 368 g/mol. The fraction of sp³-hybridized carbons (Fsp3) is 0.364. The first-order valence-corrected chi connectivity index (χ1v) is 9.52. The van der Waals surface area contributed by atoms with Crippen LogP contribution in [0.2, 0.25) is 0 Å². The van der Waals surface area contributed by atoms with Crippen molar-refractivity contribution < 1.29 is 14.0 Å². The SMILES string of the molecule is CCC1CCCCN1C(=O)c1ccc(C(=O)NCc2ccc(F)cc2)cc1. The van der Waals surface area contributed by atoms with Crippen LogP contribution in [-0.4, -0.2) is 29.3 Å². The van der Waals surface area contributed by atoms with Crippen molar-refractivity contribution in [2.75, 3.05) is 6.54 Å². The second kappa shape index (κ2) is 8.80. The maximum atomic E-state index is 12.9. The molecule has 0 radical (unpaired) electrons. The molecule has 1 fully saturated rings. The Kier molecular flexibility index (Phi) is 6.22. The van der Waals surface area contributed by atoms with Crippen molar-refractivity contribution in [3.63, 3.8) is 0 Å². The summed E-state index contributed by atoms with van der Waals surface area (Å²) in [6.45, 7) is 3.24. The molecule has 0 aromatic heterocycles. The lowest BCUT2D eigenvalue weighted by atomic mass is 9.98. The predicted octanol–water partition coefficient (Wildman–Crippen LogP) is 4.16. The molecule has 1 unspecified atom stereocenters. The molecule has 1 aliphatic heterocycles. The number of hydrogen-bond donors (Lipinski definition) is 1. The number of likely N-dealkylation sites (tertiary alicyclic amines) is 1. The Balaban J connectivity index is 1.61.